The van der Waals surface area contributed by atoms with Crippen molar-refractivity contribution in [2.75, 3.05) is 33.3 Å². The number of rotatable bonds is 8. The molecule has 0 spiro atoms. The van der Waals surface area contributed by atoms with Gasteiger partial charge in [0.25, 0.3) is 0 Å². The van der Waals surface area contributed by atoms with Crippen LogP contribution in [-0.2, 0) is 11.3 Å². The van der Waals surface area contributed by atoms with Gasteiger partial charge in [-0.05, 0) is 30.8 Å². The average molecular weight is 264 g/mol. The number of ether oxygens (including phenoxy) is 1. The van der Waals surface area contributed by atoms with Crippen molar-refractivity contribution in [3.63, 3.8) is 0 Å². The third kappa shape index (κ3) is 5.41. The molecule has 0 aromatic heterocycles. The lowest BCUT2D eigenvalue weighted by Gasteiger charge is -2.20. The Morgan fingerprint density at radius 3 is 2.47 bits per heavy atom. The Hall–Kier alpha value is -1.39. The molecule has 0 radical (unpaired) electrons. The molecule has 1 rings (SSSR count). The molecule has 4 nitrogen and oxygen atoms in total. The van der Waals surface area contributed by atoms with Crippen LogP contribution in [0.5, 0.6) is 0 Å². The molecule has 0 unspecified atom stereocenters. The van der Waals surface area contributed by atoms with Crippen molar-refractivity contribution in [1.82, 2.24) is 10.2 Å². The number of nitrogens with one attached hydrogen (secondary N) is 1. The highest BCUT2D eigenvalue weighted by atomic mass is 16.5. The Labute approximate surface area is 115 Å². The molecule has 0 saturated heterocycles. The van der Waals surface area contributed by atoms with Crippen LogP contribution in [0.1, 0.15) is 29.8 Å². The predicted octanol–water partition coefficient (Wildman–Crippen LogP) is 1.90. The maximum Gasteiger partial charge on any atom is 0.337 e. The van der Waals surface area contributed by atoms with Crippen molar-refractivity contribution in [2.45, 2.75) is 20.4 Å². The largest absolute Gasteiger partial charge is 0.465 e. The number of esters is 1. The molecular weight excluding hydrogens is 240 g/mol. The number of benzene rings is 1. The van der Waals surface area contributed by atoms with Crippen molar-refractivity contribution >= 4 is 5.97 Å². The molecule has 106 valence electrons. The molecule has 19 heavy (non-hydrogen) atoms. The summed E-state index contributed by atoms with van der Waals surface area (Å²) >= 11 is 0. The normalized spacial score (nSPS) is 10.7. The van der Waals surface area contributed by atoms with E-state index < -0.39 is 0 Å². The van der Waals surface area contributed by atoms with Crippen molar-refractivity contribution in [3.8, 4) is 0 Å². The van der Waals surface area contributed by atoms with Gasteiger partial charge < -0.3 is 10.1 Å². The van der Waals surface area contributed by atoms with Gasteiger partial charge in [0.05, 0.1) is 12.7 Å². The van der Waals surface area contributed by atoms with Crippen LogP contribution in [0.3, 0.4) is 0 Å². The fraction of sp³-hybridized carbons (Fsp3) is 0.533. The highest BCUT2D eigenvalue weighted by molar-refractivity contribution is 5.89. The van der Waals surface area contributed by atoms with Gasteiger partial charge in [-0.15, -0.1) is 0 Å². The Bertz CT molecular complexity index is 376. The maximum atomic E-state index is 11.3. The molecule has 0 aliphatic rings. The molecule has 0 aliphatic heterocycles. The second-order valence-electron chi connectivity index (χ2n) is 4.41. The molecular formula is C15H24N2O2. The van der Waals surface area contributed by atoms with E-state index in [0.717, 1.165) is 32.7 Å². The van der Waals surface area contributed by atoms with E-state index in [9.17, 15) is 4.79 Å². The first-order valence-electron chi connectivity index (χ1n) is 6.81. The van der Waals surface area contributed by atoms with Gasteiger partial charge in [-0.2, -0.15) is 0 Å². The predicted molar refractivity (Wildman–Crippen MR) is 77.3 cm³/mol. The van der Waals surface area contributed by atoms with Gasteiger partial charge in [-0.1, -0.05) is 26.0 Å². The van der Waals surface area contributed by atoms with Crippen LogP contribution in [0.25, 0.3) is 0 Å². The topological polar surface area (TPSA) is 41.6 Å². The van der Waals surface area contributed by atoms with E-state index >= 15 is 0 Å². The van der Waals surface area contributed by atoms with Crippen LogP contribution in [0, 0.1) is 0 Å². The highest BCUT2D eigenvalue weighted by Gasteiger charge is 2.06. The van der Waals surface area contributed by atoms with Gasteiger partial charge in [0.1, 0.15) is 0 Å². The standard InChI is InChI=1S/C15H24N2O2/c1-4-16-10-11-17(5-2)12-13-6-8-14(9-7-13)15(18)19-3/h6-9,16H,4-5,10-12H2,1-3H3. The van der Waals surface area contributed by atoms with Crippen LogP contribution in [0.15, 0.2) is 24.3 Å². The van der Waals surface area contributed by atoms with E-state index in [4.69, 9.17) is 0 Å². The summed E-state index contributed by atoms with van der Waals surface area (Å²) in [5.74, 6) is -0.286. The Balaban J connectivity index is 2.53. The summed E-state index contributed by atoms with van der Waals surface area (Å²) in [5.41, 5.74) is 1.81. The number of likely N-dealkylation sites (N-methyl/N-ethyl adjacent to an activating group) is 2. The van der Waals surface area contributed by atoms with E-state index in [1.165, 1.54) is 12.7 Å². The molecule has 1 aromatic rings. The fourth-order valence-electron chi connectivity index (χ4n) is 1.89. The molecule has 0 aliphatic carbocycles. The third-order valence-electron chi connectivity index (χ3n) is 3.08. The summed E-state index contributed by atoms with van der Waals surface area (Å²) in [6, 6.07) is 7.61. The lowest BCUT2D eigenvalue weighted by atomic mass is 10.1. The van der Waals surface area contributed by atoms with Crippen LogP contribution in [0.4, 0.5) is 0 Å². The number of methoxy groups -OCH3 is 1. The van der Waals surface area contributed by atoms with Crippen LogP contribution < -0.4 is 5.32 Å². The number of carbonyl (C=O) groups excluding carboxylic acids is 1. The van der Waals surface area contributed by atoms with Crippen LogP contribution >= 0.6 is 0 Å². The van der Waals surface area contributed by atoms with E-state index in [1.54, 1.807) is 0 Å². The first-order chi connectivity index (χ1) is 9.21. The van der Waals surface area contributed by atoms with Crippen molar-refractivity contribution < 1.29 is 9.53 Å². The first kappa shape index (κ1) is 15.7. The number of carbonyl (C=O) groups is 1. The molecule has 0 bridgehead atoms. The van der Waals surface area contributed by atoms with Gasteiger partial charge in [0.2, 0.25) is 0 Å². The van der Waals surface area contributed by atoms with Crippen LogP contribution in [-0.4, -0.2) is 44.2 Å². The zero-order valence-corrected chi connectivity index (χ0v) is 12.1. The smallest absolute Gasteiger partial charge is 0.337 e. The Morgan fingerprint density at radius 1 is 1.26 bits per heavy atom. The first-order valence-corrected chi connectivity index (χ1v) is 6.81. The highest BCUT2D eigenvalue weighted by Crippen LogP contribution is 2.08. The summed E-state index contributed by atoms with van der Waals surface area (Å²) in [5, 5.41) is 3.33. The molecule has 0 heterocycles. The van der Waals surface area contributed by atoms with Crippen LogP contribution in [0.2, 0.25) is 0 Å². The van der Waals surface area contributed by atoms with Crippen molar-refractivity contribution in [3.05, 3.63) is 35.4 Å². The van der Waals surface area contributed by atoms with E-state index in [2.05, 4.69) is 28.8 Å². The van der Waals surface area contributed by atoms with E-state index in [1.807, 2.05) is 24.3 Å². The monoisotopic (exact) mass is 264 g/mol. The summed E-state index contributed by atoms with van der Waals surface area (Å²) in [6.07, 6.45) is 0. The molecule has 4 heteroatoms. The number of nitrogens with zero attached hydrogens (tertiary/aromatic N) is 1. The molecule has 0 atom stereocenters. The van der Waals surface area contributed by atoms with Gasteiger partial charge in [0.15, 0.2) is 0 Å². The SMILES string of the molecule is CCNCCN(CC)Cc1ccc(C(=O)OC)cc1. The number of hydrogen-bond donors (Lipinski definition) is 1. The lowest BCUT2D eigenvalue weighted by Crippen LogP contribution is -2.31. The fourth-order valence-corrected chi connectivity index (χ4v) is 1.89. The minimum Gasteiger partial charge on any atom is -0.465 e. The molecule has 1 aromatic carbocycles. The average Bonchev–Trinajstić information content (AvgIpc) is 2.46. The lowest BCUT2D eigenvalue weighted by molar-refractivity contribution is 0.0600. The summed E-state index contributed by atoms with van der Waals surface area (Å²) < 4.78 is 4.69. The minimum absolute atomic E-state index is 0.286. The molecule has 0 fully saturated rings. The van der Waals surface area contributed by atoms with Crippen molar-refractivity contribution in [1.29, 1.82) is 0 Å². The van der Waals surface area contributed by atoms with Gasteiger partial charge in [-0.25, -0.2) is 4.79 Å². The van der Waals surface area contributed by atoms with E-state index in [-0.39, 0.29) is 5.97 Å². The maximum absolute atomic E-state index is 11.3. The second-order valence-corrected chi connectivity index (χ2v) is 4.41. The number of hydrogen-bond acceptors (Lipinski definition) is 4. The zero-order chi connectivity index (χ0) is 14.1. The van der Waals surface area contributed by atoms with Gasteiger partial charge in [-0.3, -0.25) is 4.90 Å². The minimum atomic E-state index is -0.286. The molecule has 0 saturated carbocycles. The van der Waals surface area contributed by atoms with Crippen molar-refractivity contribution in [2.24, 2.45) is 0 Å². The van der Waals surface area contributed by atoms with E-state index in [0.29, 0.717) is 5.56 Å². The molecule has 0 amide bonds. The summed E-state index contributed by atoms with van der Waals surface area (Å²) in [6.45, 7) is 9.24. The second kappa shape index (κ2) is 8.67. The summed E-state index contributed by atoms with van der Waals surface area (Å²) in [4.78, 5) is 13.7. The van der Waals surface area contributed by atoms with Gasteiger partial charge in [0, 0.05) is 19.6 Å². The summed E-state index contributed by atoms with van der Waals surface area (Å²) in [7, 11) is 1.40. The zero-order valence-electron chi connectivity index (χ0n) is 12.1. The third-order valence-corrected chi connectivity index (χ3v) is 3.08. The Morgan fingerprint density at radius 2 is 1.95 bits per heavy atom. The Kier molecular flexibility index (Phi) is 7.15. The van der Waals surface area contributed by atoms with Gasteiger partial charge >= 0.3 is 5.97 Å². The molecule has 1 N–H and O–H groups in total. The quantitative estimate of drug-likeness (QED) is 0.575.